The van der Waals surface area contributed by atoms with Crippen molar-refractivity contribution in [2.24, 2.45) is 4.99 Å². The SMILES string of the molecule is CCCCCNC(=NCC1(O)CCSC1)NCC.I. The van der Waals surface area contributed by atoms with Crippen LogP contribution in [0.1, 0.15) is 39.5 Å². The highest BCUT2D eigenvalue weighted by atomic mass is 127. The lowest BCUT2D eigenvalue weighted by Gasteiger charge is -2.19. The molecule has 0 radical (unpaired) electrons. The maximum absolute atomic E-state index is 10.2. The van der Waals surface area contributed by atoms with E-state index in [0.29, 0.717) is 6.54 Å². The second-order valence-electron chi connectivity index (χ2n) is 4.86. The van der Waals surface area contributed by atoms with Gasteiger partial charge in [0.2, 0.25) is 0 Å². The quantitative estimate of drug-likeness (QED) is 0.265. The molecule has 0 aliphatic carbocycles. The fourth-order valence-electron chi connectivity index (χ4n) is 1.87. The second kappa shape index (κ2) is 11.0. The Labute approximate surface area is 138 Å². The number of hydrogen-bond donors (Lipinski definition) is 3. The van der Waals surface area contributed by atoms with Gasteiger partial charge in [0.05, 0.1) is 12.1 Å². The summed E-state index contributed by atoms with van der Waals surface area (Å²) in [6, 6.07) is 0. The van der Waals surface area contributed by atoms with Gasteiger partial charge in [-0.15, -0.1) is 24.0 Å². The van der Waals surface area contributed by atoms with Crippen LogP contribution in [-0.4, -0.2) is 47.8 Å². The van der Waals surface area contributed by atoms with Gasteiger partial charge in [0.15, 0.2) is 5.96 Å². The first-order valence-electron chi connectivity index (χ1n) is 7.02. The maximum Gasteiger partial charge on any atom is 0.191 e. The van der Waals surface area contributed by atoms with E-state index in [0.717, 1.165) is 37.0 Å². The molecule has 1 fully saturated rings. The van der Waals surface area contributed by atoms with E-state index in [4.69, 9.17) is 0 Å². The predicted molar refractivity (Wildman–Crippen MR) is 95.8 cm³/mol. The Hall–Kier alpha value is 0.310. The summed E-state index contributed by atoms with van der Waals surface area (Å²) < 4.78 is 0. The molecular weight excluding hydrogens is 373 g/mol. The highest BCUT2D eigenvalue weighted by Crippen LogP contribution is 2.27. The van der Waals surface area contributed by atoms with Crippen molar-refractivity contribution in [1.82, 2.24) is 10.6 Å². The summed E-state index contributed by atoms with van der Waals surface area (Å²) in [5.74, 6) is 2.69. The lowest BCUT2D eigenvalue weighted by atomic mass is 10.1. The molecule has 114 valence electrons. The van der Waals surface area contributed by atoms with Gasteiger partial charge in [0.1, 0.15) is 0 Å². The number of guanidine groups is 1. The summed E-state index contributed by atoms with van der Waals surface area (Å²) >= 11 is 1.81. The molecule has 0 bridgehead atoms. The first-order valence-corrected chi connectivity index (χ1v) is 8.18. The van der Waals surface area contributed by atoms with Crippen LogP contribution in [0.15, 0.2) is 4.99 Å². The van der Waals surface area contributed by atoms with E-state index in [1.807, 2.05) is 11.8 Å². The minimum absolute atomic E-state index is 0. The summed E-state index contributed by atoms with van der Waals surface area (Å²) in [5.41, 5.74) is -0.587. The minimum atomic E-state index is -0.587. The maximum atomic E-state index is 10.2. The Bertz CT molecular complexity index is 258. The van der Waals surface area contributed by atoms with Gasteiger partial charge in [-0.05, 0) is 25.5 Å². The molecule has 6 heteroatoms. The van der Waals surface area contributed by atoms with Crippen molar-refractivity contribution in [2.75, 3.05) is 31.1 Å². The fraction of sp³-hybridized carbons (Fsp3) is 0.923. The zero-order valence-corrected chi connectivity index (χ0v) is 15.2. The minimum Gasteiger partial charge on any atom is -0.387 e. The number of aliphatic hydroxyl groups is 1. The van der Waals surface area contributed by atoms with Crippen molar-refractivity contribution >= 4 is 41.7 Å². The van der Waals surface area contributed by atoms with Crippen molar-refractivity contribution in [3.8, 4) is 0 Å². The molecule has 0 saturated carbocycles. The van der Waals surface area contributed by atoms with Crippen molar-refractivity contribution in [2.45, 2.75) is 45.1 Å². The Morgan fingerprint density at radius 1 is 1.32 bits per heavy atom. The molecule has 0 amide bonds. The van der Waals surface area contributed by atoms with Gasteiger partial charge >= 0.3 is 0 Å². The second-order valence-corrected chi connectivity index (χ2v) is 5.96. The largest absolute Gasteiger partial charge is 0.387 e. The molecule has 19 heavy (non-hydrogen) atoms. The van der Waals surface area contributed by atoms with Crippen molar-refractivity contribution in [3.05, 3.63) is 0 Å². The molecular formula is C13H28IN3OS. The molecule has 0 aromatic heterocycles. The van der Waals surface area contributed by atoms with Crippen LogP contribution in [0.3, 0.4) is 0 Å². The summed E-state index contributed by atoms with van der Waals surface area (Å²) in [7, 11) is 0. The Morgan fingerprint density at radius 3 is 2.68 bits per heavy atom. The number of nitrogens with zero attached hydrogens (tertiary/aromatic N) is 1. The number of halogens is 1. The van der Waals surface area contributed by atoms with E-state index in [9.17, 15) is 5.11 Å². The van der Waals surface area contributed by atoms with Gasteiger partial charge in [0.25, 0.3) is 0 Å². The Balaban J connectivity index is 0.00000324. The summed E-state index contributed by atoms with van der Waals surface area (Å²) in [5, 5.41) is 16.8. The van der Waals surface area contributed by atoms with Crippen LogP contribution in [0.4, 0.5) is 0 Å². The van der Waals surface area contributed by atoms with Gasteiger partial charge < -0.3 is 15.7 Å². The number of rotatable bonds is 7. The lowest BCUT2D eigenvalue weighted by Crippen LogP contribution is -2.40. The molecule has 1 saturated heterocycles. The van der Waals surface area contributed by atoms with E-state index >= 15 is 0 Å². The van der Waals surface area contributed by atoms with E-state index in [1.165, 1.54) is 19.3 Å². The normalized spacial score (nSPS) is 23.0. The molecule has 1 aliphatic rings. The molecule has 0 aromatic rings. The molecule has 1 unspecified atom stereocenters. The number of thioether (sulfide) groups is 1. The van der Waals surface area contributed by atoms with Crippen LogP contribution in [0, 0.1) is 0 Å². The van der Waals surface area contributed by atoms with Gasteiger partial charge in [-0.2, -0.15) is 11.8 Å². The predicted octanol–water partition coefficient (Wildman–Crippen LogP) is 2.22. The monoisotopic (exact) mass is 401 g/mol. The highest BCUT2D eigenvalue weighted by Gasteiger charge is 2.31. The summed E-state index contributed by atoms with van der Waals surface area (Å²) in [4.78, 5) is 4.50. The summed E-state index contributed by atoms with van der Waals surface area (Å²) in [6.45, 7) is 6.57. The van der Waals surface area contributed by atoms with Crippen LogP contribution in [0.2, 0.25) is 0 Å². The number of unbranched alkanes of at least 4 members (excludes halogenated alkanes) is 2. The van der Waals surface area contributed by atoms with Gasteiger partial charge in [-0.1, -0.05) is 19.8 Å². The molecule has 3 N–H and O–H groups in total. The molecule has 4 nitrogen and oxygen atoms in total. The molecule has 1 aliphatic heterocycles. The first-order chi connectivity index (χ1) is 8.70. The van der Waals surface area contributed by atoms with Gasteiger partial charge in [-0.25, -0.2) is 0 Å². The third-order valence-corrected chi connectivity index (χ3v) is 4.27. The van der Waals surface area contributed by atoms with Crippen LogP contribution < -0.4 is 10.6 Å². The van der Waals surface area contributed by atoms with Crippen LogP contribution in [-0.2, 0) is 0 Å². The fourth-order valence-corrected chi connectivity index (χ4v) is 3.16. The van der Waals surface area contributed by atoms with Crippen molar-refractivity contribution in [3.63, 3.8) is 0 Å². The Kier molecular flexibility index (Phi) is 11.2. The van der Waals surface area contributed by atoms with Crippen LogP contribution in [0.5, 0.6) is 0 Å². The number of aliphatic imine (C=N–C) groups is 1. The number of hydrogen-bond acceptors (Lipinski definition) is 3. The molecule has 1 rings (SSSR count). The highest BCUT2D eigenvalue weighted by molar-refractivity contribution is 14.0. The smallest absolute Gasteiger partial charge is 0.191 e. The first kappa shape index (κ1) is 19.3. The Morgan fingerprint density at radius 2 is 2.11 bits per heavy atom. The average molecular weight is 401 g/mol. The van der Waals surface area contributed by atoms with Crippen molar-refractivity contribution < 1.29 is 5.11 Å². The van der Waals surface area contributed by atoms with E-state index in [1.54, 1.807) is 0 Å². The van der Waals surface area contributed by atoms with Crippen molar-refractivity contribution in [1.29, 1.82) is 0 Å². The third-order valence-electron chi connectivity index (χ3n) is 3.03. The number of nitrogens with one attached hydrogen (secondary N) is 2. The van der Waals surface area contributed by atoms with E-state index in [2.05, 4.69) is 29.5 Å². The lowest BCUT2D eigenvalue weighted by molar-refractivity contribution is 0.0778. The average Bonchev–Trinajstić information content (AvgIpc) is 2.79. The van der Waals surface area contributed by atoms with Crippen LogP contribution in [0.25, 0.3) is 0 Å². The standard InChI is InChI=1S/C13H27N3OS.HI/c1-3-5-6-8-15-12(14-4-2)16-10-13(17)7-9-18-11-13;/h17H,3-11H2,1-2H3,(H2,14,15,16);1H. The summed E-state index contributed by atoms with van der Waals surface area (Å²) in [6.07, 6.45) is 4.50. The van der Waals surface area contributed by atoms with E-state index < -0.39 is 5.60 Å². The molecule has 0 aromatic carbocycles. The zero-order valence-electron chi connectivity index (χ0n) is 12.1. The molecule has 1 atom stereocenters. The van der Waals surface area contributed by atoms with Gasteiger partial charge in [-0.3, -0.25) is 4.99 Å². The van der Waals surface area contributed by atoms with Crippen LogP contribution >= 0.6 is 35.7 Å². The molecule has 0 spiro atoms. The zero-order chi connectivity index (χ0) is 13.3. The molecule has 1 heterocycles. The van der Waals surface area contributed by atoms with Gasteiger partial charge in [0, 0.05) is 18.8 Å². The topological polar surface area (TPSA) is 56.7 Å². The van der Waals surface area contributed by atoms with E-state index in [-0.39, 0.29) is 24.0 Å². The third kappa shape index (κ3) is 8.24.